The number of carbonyl (C=O) groups excluding carboxylic acids is 1. The van der Waals surface area contributed by atoms with Gasteiger partial charge in [-0.1, -0.05) is 289 Å². The van der Waals surface area contributed by atoms with Crippen molar-refractivity contribution >= 4 is 5.91 Å². The highest BCUT2D eigenvalue weighted by Gasteiger charge is 2.28. The van der Waals surface area contributed by atoms with E-state index in [4.69, 9.17) is 0 Å². The molecule has 0 rings (SSSR count). The predicted octanol–water partition coefficient (Wildman–Crippen LogP) is 16.5. The minimum absolute atomic E-state index is 0.374. The highest BCUT2D eigenvalue weighted by Crippen LogP contribution is 2.18. The Morgan fingerprint density at radius 3 is 0.921 bits per heavy atom. The molecule has 0 aromatic rings. The van der Waals surface area contributed by atoms with Crippen molar-refractivity contribution in [1.82, 2.24) is 5.32 Å². The van der Waals surface area contributed by atoms with Crippen LogP contribution in [0.3, 0.4) is 0 Å². The number of carbonyl (C=O) groups is 1. The average molecular weight is 893 g/mol. The standard InChI is InChI=1S/C57H113NO5/c1-3-5-7-9-11-13-15-17-19-20-21-22-23-24-25-26-27-28-29-30-31-32-33-34-35-37-39-41-43-45-47-49-51-55(61)57(63)58-53(52-59)56(62)54(60)50-48-46-44-42-40-38-36-18-16-14-12-10-8-6-4-2/h24-25,53-56,59-62H,3-23,26-52H2,1-2H3,(H,58,63)/b25-24-. The minimum Gasteiger partial charge on any atom is -0.394 e. The van der Waals surface area contributed by atoms with Crippen LogP contribution in [0.5, 0.6) is 0 Å². The Bertz CT molecular complexity index is 913. The molecule has 6 nitrogen and oxygen atoms in total. The molecule has 0 aliphatic rings. The van der Waals surface area contributed by atoms with Gasteiger partial charge in [0.2, 0.25) is 5.91 Å². The highest BCUT2D eigenvalue weighted by molar-refractivity contribution is 5.80. The van der Waals surface area contributed by atoms with Crippen LogP contribution in [0.2, 0.25) is 0 Å². The topological polar surface area (TPSA) is 110 Å². The molecule has 6 heteroatoms. The molecule has 63 heavy (non-hydrogen) atoms. The lowest BCUT2D eigenvalue weighted by atomic mass is 9.99. The maximum atomic E-state index is 12.6. The van der Waals surface area contributed by atoms with Gasteiger partial charge in [0, 0.05) is 0 Å². The molecule has 0 aromatic carbocycles. The summed E-state index contributed by atoms with van der Waals surface area (Å²) in [4.78, 5) is 12.6. The van der Waals surface area contributed by atoms with Crippen molar-refractivity contribution < 1.29 is 25.2 Å². The van der Waals surface area contributed by atoms with Gasteiger partial charge in [-0.3, -0.25) is 4.79 Å². The number of allylic oxidation sites excluding steroid dienone is 2. The molecule has 1 amide bonds. The summed E-state index contributed by atoms with van der Waals surface area (Å²) in [7, 11) is 0. The molecule has 0 fully saturated rings. The molecule has 0 heterocycles. The number of hydrogen-bond acceptors (Lipinski definition) is 5. The van der Waals surface area contributed by atoms with E-state index in [9.17, 15) is 25.2 Å². The quantitative estimate of drug-likeness (QED) is 0.0309. The van der Waals surface area contributed by atoms with Crippen LogP contribution in [-0.2, 0) is 4.79 Å². The average Bonchev–Trinajstić information content (AvgIpc) is 3.29. The second kappa shape index (κ2) is 52.0. The van der Waals surface area contributed by atoms with Crippen LogP contribution >= 0.6 is 0 Å². The zero-order valence-electron chi connectivity index (χ0n) is 42.6. The van der Waals surface area contributed by atoms with Crippen molar-refractivity contribution in [2.45, 2.75) is 340 Å². The first-order valence-corrected chi connectivity index (χ1v) is 28.6. The van der Waals surface area contributed by atoms with Gasteiger partial charge in [0.05, 0.1) is 18.8 Å². The third-order valence-corrected chi connectivity index (χ3v) is 13.7. The summed E-state index contributed by atoms with van der Waals surface area (Å²) in [6.45, 7) is 4.08. The van der Waals surface area contributed by atoms with Crippen LogP contribution < -0.4 is 5.32 Å². The molecule has 0 saturated carbocycles. The molecule has 0 aliphatic heterocycles. The fraction of sp³-hybridized carbons (Fsp3) is 0.947. The van der Waals surface area contributed by atoms with Gasteiger partial charge >= 0.3 is 0 Å². The molecule has 376 valence electrons. The number of hydrogen-bond donors (Lipinski definition) is 5. The highest BCUT2D eigenvalue weighted by atomic mass is 16.3. The molecule has 0 saturated heterocycles. The van der Waals surface area contributed by atoms with Crippen LogP contribution in [0, 0.1) is 0 Å². The molecule has 0 bridgehead atoms. The van der Waals surface area contributed by atoms with E-state index in [2.05, 4.69) is 31.3 Å². The fourth-order valence-electron chi connectivity index (χ4n) is 9.23. The Labute approximate surface area is 393 Å². The zero-order valence-corrected chi connectivity index (χ0v) is 42.6. The number of nitrogens with one attached hydrogen (secondary N) is 1. The molecule has 0 aromatic heterocycles. The summed E-state index contributed by atoms with van der Waals surface area (Å²) in [5.74, 6) is -0.578. The van der Waals surface area contributed by atoms with Gasteiger partial charge in [-0.25, -0.2) is 0 Å². The van der Waals surface area contributed by atoms with Crippen LogP contribution in [0.15, 0.2) is 12.2 Å². The number of unbranched alkanes of at least 4 members (excludes halogenated alkanes) is 42. The van der Waals surface area contributed by atoms with E-state index < -0.39 is 36.9 Å². The zero-order chi connectivity index (χ0) is 45.9. The van der Waals surface area contributed by atoms with E-state index in [1.165, 1.54) is 250 Å². The van der Waals surface area contributed by atoms with Crippen molar-refractivity contribution in [1.29, 1.82) is 0 Å². The molecule has 0 radical (unpaired) electrons. The molecule has 5 N–H and O–H groups in total. The first-order valence-electron chi connectivity index (χ1n) is 28.6. The van der Waals surface area contributed by atoms with E-state index in [-0.39, 0.29) is 0 Å². The summed E-state index contributed by atoms with van der Waals surface area (Å²) < 4.78 is 0. The SMILES string of the molecule is CCCCCCCCCCCCCC/C=C\CCCCCCCCCCCCCCCCCCC(O)C(=O)NC(CO)C(O)C(O)CCCCCCCCCCCCCCCCC. The number of aliphatic hydroxyl groups excluding tert-OH is 4. The lowest BCUT2D eigenvalue weighted by Crippen LogP contribution is -2.53. The molecular formula is C57H113NO5. The predicted molar refractivity (Wildman–Crippen MR) is 275 cm³/mol. The summed E-state index contributed by atoms with van der Waals surface area (Å²) >= 11 is 0. The summed E-state index contributed by atoms with van der Waals surface area (Å²) in [5, 5.41) is 43.9. The largest absolute Gasteiger partial charge is 0.394 e. The second-order valence-corrected chi connectivity index (χ2v) is 20.0. The van der Waals surface area contributed by atoms with E-state index in [1.54, 1.807) is 0 Å². The molecule has 4 atom stereocenters. The van der Waals surface area contributed by atoms with Gasteiger partial charge < -0.3 is 25.7 Å². The van der Waals surface area contributed by atoms with Gasteiger partial charge in [-0.05, 0) is 38.5 Å². The monoisotopic (exact) mass is 892 g/mol. The summed E-state index contributed by atoms with van der Waals surface area (Å²) in [6.07, 6.45) is 61.5. The molecule has 4 unspecified atom stereocenters. The first kappa shape index (κ1) is 62.1. The van der Waals surface area contributed by atoms with Gasteiger partial charge in [0.15, 0.2) is 0 Å². The van der Waals surface area contributed by atoms with E-state index in [1.807, 2.05) is 0 Å². The Morgan fingerprint density at radius 1 is 0.381 bits per heavy atom. The van der Waals surface area contributed by atoms with Crippen molar-refractivity contribution in [2.75, 3.05) is 6.61 Å². The van der Waals surface area contributed by atoms with Gasteiger partial charge in [0.1, 0.15) is 12.2 Å². The minimum atomic E-state index is -1.26. The van der Waals surface area contributed by atoms with Crippen molar-refractivity contribution in [3.8, 4) is 0 Å². The lowest BCUT2D eigenvalue weighted by molar-refractivity contribution is -0.132. The Kier molecular flexibility index (Phi) is 51.2. The van der Waals surface area contributed by atoms with Gasteiger partial charge in [0.25, 0.3) is 0 Å². The Hall–Kier alpha value is -0.950. The Balaban J connectivity index is 3.54. The first-order chi connectivity index (χ1) is 31.0. The molecule has 0 aliphatic carbocycles. The lowest BCUT2D eigenvalue weighted by Gasteiger charge is -2.27. The number of rotatable bonds is 53. The Morgan fingerprint density at radius 2 is 0.635 bits per heavy atom. The number of amides is 1. The maximum Gasteiger partial charge on any atom is 0.249 e. The molecular weight excluding hydrogens is 779 g/mol. The van der Waals surface area contributed by atoms with Crippen LogP contribution in [-0.4, -0.2) is 57.3 Å². The smallest absolute Gasteiger partial charge is 0.249 e. The van der Waals surface area contributed by atoms with E-state index in [0.29, 0.717) is 12.8 Å². The third kappa shape index (κ3) is 46.0. The maximum absolute atomic E-state index is 12.6. The van der Waals surface area contributed by atoms with Crippen molar-refractivity contribution in [3.05, 3.63) is 12.2 Å². The van der Waals surface area contributed by atoms with Crippen LogP contribution in [0.1, 0.15) is 316 Å². The third-order valence-electron chi connectivity index (χ3n) is 13.7. The van der Waals surface area contributed by atoms with Crippen LogP contribution in [0.4, 0.5) is 0 Å². The summed E-state index contributed by atoms with van der Waals surface area (Å²) in [5.41, 5.74) is 0. The number of aliphatic hydroxyl groups is 4. The van der Waals surface area contributed by atoms with E-state index in [0.717, 1.165) is 38.5 Å². The van der Waals surface area contributed by atoms with Gasteiger partial charge in [-0.2, -0.15) is 0 Å². The summed E-state index contributed by atoms with van der Waals surface area (Å²) in [6, 6.07) is -0.982. The van der Waals surface area contributed by atoms with Crippen molar-refractivity contribution in [2.24, 2.45) is 0 Å². The van der Waals surface area contributed by atoms with Gasteiger partial charge in [-0.15, -0.1) is 0 Å². The van der Waals surface area contributed by atoms with Crippen LogP contribution in [0.25, 0.3) is 0 Å². The fourth-order valence-corrected chi connectivity index (χ4v) is 9.23. The van der Waals surface area contributed by atoms with E-state index >= 15 is 0 Å². The normalized spacial score (nSPS) is 13.8. The molecule has 0 spiro atoms. The van der Waals surface area contributed by atoms with Crippen molar-refractivity contribution in [3.63, 3.8) is 0 Å². The second-order valence-electron chi connectivity index (χ2n) is 20.0.